The van der Waals surface area contributed by atoms with Crippen LogP contribution in [-0.4, -0.2) is 6.61 Å². The van der Waals surface area contributed by atoms with Gasteiger partial charge in [-0.3, -0.25) is 0 Å². The maximum absolute atomic E-state index is 15.1. The second-order valence-electron chi connectivity index (χ2n) is 9.77. The Hall–Kier alpha value is -2.75. The van der Waals surface area contributed by atoms with Crippen LogP contribution in [0, 0.1) is 23.4 Å². The molecule has 0 saturated heterocycles. The lowest BCUT2D eigenvalue weighted by molar-refractivity contribution is 0.198. The van der Waals surface area contributed by atoms with Gasteiger partial charge in [0.05, 0.1) is 6.61 Å². The Bertz CT molecular complexity index is 1110. The van der Waals surface area contributed by atoms with E-state index in [0.717, 1.165) is 56.9 Å². The van der Waals surface area contributed by atoms with Crippen LogP contribution in [0.2, 0.25) is 0 Å². The normalized spacial score (nSPS) is 18.0. The molecule has 0 N–H and O–H groups in total. The van der Waals surface area contributed by atoms with E-state index in [-0.39, 0.29) is 11.7 Å². The summed E-state index contributed by atoms with van der Waals surface area (Å²) in [6, 6.07) is 16.2. The van der Waals surface area contributed by atoms with Crippen molar-refractivity contribution >= 4 is 0 Å². The van der Waals surface area contributed by atoms with E-state index < -0.39 is 11.6 Å². The first-order chi connectivity index (χ1) is 17.0. The molecule has 1 nitrogen and oxygen atoms in total. The lowest BCUT2D eigenvalue weighted by Crippen LogP contribution is -2.20. The summed E-state index contributed by atoms with van der Waals surface area (Å²) in [6.07, 6.45) is 7.00. The van der Waals surface area contributed by atoms with Crippen molar-refractivity contribution in [2.45, 2.75) is 71.1 Å². The Balaban J connectivity index is 1.33. The van der Waals surface area contributed by atoms with Crippen LogP contribution in [0.1, 0.15) is 75.0 Å². The Morgan fingerprint density at radius 3 is 2.23 bits per heavy atom. The third-order valence-electron chi connectivity index (χ3n) is 7.38. The summed E-state index contributed by atoms with van der Waals surface area (Å²) in [7, 11) is 0. The van der Waals surface area contributed by atoms with Crippen LogP contribution in [0.15, 0.2) is 54.6 Å². The van der Waals surface area contributed by atoms with Crippen LogP contribution in [0.5, 0.6) is 5.75 Å². The van der Waals surface area contributed by atoms with E-state index in [0.29, 0.717) is 35.0 Å². The molecule has 1 aliphatic carbocycles. The average molecular weight is 481 g/mol. The summed E-state index contributed by atoms with van der Waals surface area (Å²) in [5.74, 6) is -0.796. The van der Waals surface area contributed by atoms with Crippen molar-refractivity contribution in [2.24, 2.45) is 5.92 Å². The fourth-order valence-corrected chi connectivity index (χ4v) is 5.06. The topological polar surface area (TPSA) is 9.23 Å². The molecule has 0 atom stereocenters. The molecule has 186 valence electrons. The zero-order valence-electron chi connectivity index (χ0n) is 20.8. The quantitative estimate of drug-likeness (QED) is 0.297. The molecule has 1 fully saturated rings. The largest absolute Gasteiger partial charge is 0.493 e. The summed E-state index contributed by atoms with van der Waals surface area (Å²) >= 11 is 0. The smallest absolute Gasteiger partial charge is 0.166 e. The minimum absolute atomic E-state index is 0.00700. The van der Waals surface area contributed by atoms with Crippen molar-refractivity contribution < 1.29 is 17.9 Å². The van der Waals surface area contributed by atoms with Crippen LogP contribution >= 0.6 is 0 Å². The van der Waals surface area contributed by atoms with Gasteiger partial charge >= 0.3 is 0 Å². The molecule has 0 aromatic heterocycles. The first-order valence-corrected chi connectivity index (χ1v) is 13.0. The first kappa shape index (κ1) is 25.3. The van der Waals surface area contributed by atoms with Gasteiger partial charge in [-0.2, -0.15) is 0 Å². The highest BCUT2D eigenvalue weighted by Crippen LogP contribution is 2.39. The lowest BCUT2D eigenvalue weighted by Gasteiger charge is -2.29. The van der Waals surface area contributed by atoms with Gasteiger partial charge in [0, 0.05) is 11.6 Å². The summed E-state index contributed by atoms with van der Waals surface area (Å²) in [4.78, 5) is 0. The minimum Gasteiger partial charge on any atom is -0.493 e. The molecule has 0 heterocycles. The van der Waals surface area contributed by atoms with Crippen molar-refractivity contribution in [1.82, 2.24) is 0 Å². The summed E-state index contributed by atoms with van der Waals surface area (Å²) in [5, 5.41) is 0. The molecular weight excluding hydrogens is 445 g/mol. The Morgan fingerprint density at radius 1 is 0.829 bits per heavy atom. The third kappa shape index (κ3) is 6.09. The molecule has 0 aliphatic heterocycles. The molecule has 4 heteroatoms. The van der Waals surface area contributed by atoms with Gasteiger partial charge in [0.1, 0.15) is 11.6 Å². The van der Waals surface area contributed by atoms with Crippen molar-refractivity contribution in [2.75, 3.05) is 6.61 Å². The molecule has 0 spiro atoms. The maximum atomic E-state index is 15.1. The fraction of sp³-hybridized carbons (Fsp3) is 0.419. The van der Waals surface area contributed by atoms with Crippen LogP contribution in [0.4, 0.5) is 13.2 Å². The molecule has 3 aromatic carbocycles. The van der Waals surface area contributed by atoms with Gasteiger partial charge in [-0.05, 0) is 85.1 Å². The van der Waals surface area contributed by atoms with E-state index in [2.05, 4.69) is 13.8 Å². The van der Waals surface area contributed by atoms with Crippen molar-refractivity contribution in [3.8, 4) is 16.9 Å². The molecule has 0 amide bonds. The van der Waals surface area contributed by atoms with E-state index in [1.807, 2.05) is 36.4 Å². The maximum Gasteiger partial charge on any atom is 0.166 e. The van der Waals surface area contributed by atoms with Crippen molar-refractivity contribution in [3.05, 3.63) is 88.7 Å². The second kappa shape index (κ2) is 11.8. The highest BCUT2D eigenvalue weighted by atomic mass is 19.2. The lowest BCUT2D eigenvalue weighted by atomic mass is 9.78. The zero-order chi connectivity index (χ0) is 24.8. The van der Waals surface area contributed by atoms with E-state index in [9.17, 15) is 8.78 Å². The Labute approximate surface area is 207 Å². The van der Waals surface area contributed by atoms with E-state index >= 15 is 4.39 Å². The standard InChI is InChI=1S/C31H35F3O/c1-3-5-6-25-15-16-26(19-29(25)32)35-20-22-9-13-24(14-10-22)28-18-17-27(30(33)31(28)34)23-11-7-21(4-2)8-12-23/h7-8,11-12,15-19,22,24H,3-6,9-10,13-14,20H2,1-2H3. The number of hydrogen-bond donors (Lipinski definition) is 0. The van der Waals surface area contributed by atoms with Gasteiger partial charge < -0.3 is 4.74 Å². The fourth-order valence-electron chi connectivity index (χ4n) is 5.06. The number of unbranched alkanes of at least 4 members (excludes halogenated alkanes) is 1. The highest BCUT2D eigenvalue weighted by Gasteiger charge is 2.27. The predicted octanol–water partition coefficient (Wildman–Crippen LogP) is 9.03. The van der Waals surface area contributed by atoms with Crippen LogP contribution < -0.4 is 4.74 Å². The van der Waals surface area contributed by atoms with Crippen LogP contribution in [-0.2, 0) is 12.8 Å². The van der Waals surface area contributed by atoms with Gasteiger partial charge in [0.25, 0.3) is 0 Å². The van der Waals surface area contributed by atoms with E-state index in [4.69, 9.17) is 4.74 Å². The molecular formula is C31H35F3O. The Morgan fingerprint density at radius 2 is 1.57 bits per heavy atom. The van der Waals surface area contributed by atoms with Gasteiger partial charge in [0.2, 0.25) is 0 Å². The molecule has 1 saturated carbocycles. The van der Waals surface area contributed by atoms with Crippen LogP contribution in [0.25, 0.3) is 11.1 Å². The number of hydrogen-bond acceptors (Lipinski definition) is 1. The monoisotopic (exact) mass is 480 g/mol. The molecule has 3 aromatic rings. The van der Waals surface area contributed by atoms with Crippen molar-refractivity contribution in [1.29, 1.82) is 0 Å². The van der Waals surface area contributed by atoms with Gasteiger partial charge in [-0.25, -0.2) is 13.2 Å². The van der Waals surface area contributed by atoms with Gasteiger partial charge in [-0.1, -0.05) is 62.7 Å². The first-order valence-electron chi connectivity index (χ1n) is 13.0. The highest BCUT2D eigenvalue weighted by molar-refractivity contribution is 5.65. The summed E-state index contributed by atoms with van der Waals surface area (Å²) in [5.41, 5.74) is 3.38. The van der Waals surface area contributed by atoms with E-state index in [1.54, 1.807) is 12.1 Å². The van der Waals surface area contributed by atoms with Gasteiger partial charge in [0.15, 0.2) is 11.6 Å². The van der Waals surface area contributed by atoms with E-state index in [1.165, 1.54) is 11.6 Å². The zero-order valence-corrected chi connectivity index (χ0v) is 20.8. The minimum atomic E-state index is -0.762. The molecule has 4 rings (SSSR count). The van der Waals surface area contributed by atoms with Crippen LogP contribution in [0.3, 0.4) is 0 Å². The Kier molecular flexibility index (Phi) is 8.54. The number of ether oxygens (including phenoxy) is 1. The number of halogens is 3. The SMILES string of the molecule is CCCCc1ccc(OCC2CCC(c3ccc(-c4ccc(CC)cc4)c(F)c3F)CC2)cc1F. The third-order valence-corrected chi connectivity index (χ3v) is 7.38. The number of rotatable bonds is 9. The molecule has 0 bridgehead atoms. The molecule has 0 unspecified atom stereocenters. The number of benzene rings is 3. The average Bonchev–Trinajstić information content (AvgIpc) is 2.89. The predicted molar refractivity (Wildman–Crippen MR) is 136 cm³/mol. The summed E-state index contributed by atoms with van der Waals surface area (Å²) in [6.45, 7) is 4.68. The number of aryl methyl sites for hydroxylation is 2. The second-order valence-corrected chi connectivity index (χ2v) is 9.77. The van der Waals surface area contributed by atoms with Gasteiger partial charge in [-0.15, -0.1) is 0 Å². The molecule has 0 radical (unpaired) electrons. The molecule has 1 aliphatic rings. The summed E-state index contributed by atoms with van der Waals surface area (Å²) < 4.78 is 50.2. The molecule has 35 heavy (non-hydrogen) atoms. The van der Waals surface area contributed by atoms with Crippen molar-refractivity contribution in [3.63, 3.8) is 0 Å².